The zero-order valence-electron chi connectivity index (χ0n) is 9.69. The first-order valence-electron chi connectivity index (χ1n) is 5.29. The van der Waals surface area contributed by atoms with Gasteiger partial charge in [-0.05, 0) is 30.0 Å². The first kappa shape index (κ1) is 10.7. The second-order valence-corrected chi connectivity index (χ2v) is 4.28. The van der Waals surface area contributed by atoms with Crippen molar-refractivity contribution in [3.63, 3.8) is 0 Å². The molecule has 2 rings (SSSR count). The minimum absolute atomic E-state index is 0.238. The number of amides is 1. The molecule has 2 aromatic rings. The number of primary amides is 1. The van der Waals surface area contributed by atoms with Crippen LogP contribution in [0.5, 0.6) is 0 Å². The number of pyridine rings is 1. The van der Waals surface area contributed by atoms with Crippen LogP contribution in [0.1, 0.15) is 41.3 Å². The van der Waals surface area contributed by atoms with Gasteiger partial charge in [-0.25, -0.2) is 4.52 Å². The standard InChI is InChI=1S/C12H15N3O/c1-7(2)10-9(12(13)16)4-5-15-11(10)8(3)6-14-15/h4-7H,1-3H3,(H2,13,16). The number of nitrogens with two attached hydrogens (primary N) is 1. The number of rotatable bonds is 2. The van der Waals surface area contributed by atoms with Gasteiger partial charge in [0, 0.05) is 11.8 Å². The molecular formula is C12H15N3O. The SMILES string of the molecule is Cc1cnn2ccc(C(N)=O)c(C(C)C)c12. The van der Waals surface area contributed by atoms with E-state index in [0.717, 1.165) is 16.6 Å². The van der Waals surface area contributed by atoms with Crippen LogP contribution in [0.3, 0.4) is 0 Å². The zero-order chi connectivity index (χ0) is 11.9. The van der Waals surface area contributed by atoms with Gasteiger partial charge in [0.25, 0.3) is 0 Å². The molecule has 0 aromatic carbocycles. The number of nitrogens with zero attached hydrogens (tertiary/aromatic N) is 2. The van der Waals surface area contributed by atoms with Gasteiger partial charge >= 0.3 is 0 Å². The predicted octanol–water partition coefficient (Wildman–Crippen LogP) is 1.87. The van der Waals surface area contributed by atoms with Crippen LogP contribution in [0.2, 0.25) is 0 Å². The van der Waals surface area contributed by atoms with Crippen molar-refractivity contribution < 1.29 is 4.79 Å². The molecule has 0 fully saturated rings. The van der Waals surface area contributed by atoms with E-state index in [-0.39, 0.29) is 11.8 Å². The van der Waals surface area contributed by atoms with Crippen molar-refractivity contribution in [2.24, 2.45) is 5.73 Å². The highest BCUT2D eigenvalue weighted by atomic mass is 16.1. The summed E-state index contributed by atoms with van der Waals surface area (Å²) in [6.07, 6.45) is 3.57. The second-order valence-electron chi connectivity index (χ2n) is 4.28. The summed E-state index contributed by atoms with van der Waals surface area (Å²) in [4.78, 5) is 11.4. The molecule has 2 aromatic heterocycles. The van der Waals surface area contributed by atoms with E-state index in [1.165, 1.54) is 0 Å². The molecule has 84 valence electrons. The lowest BCUT2D eigenvalue weighted by atomic mass is 9.95. The van der Waals surface area contributed by atoms with Crippen LogP contribution in [0.4, 0.5) is 0 Å². The Labute approximate surface area is 94.1 Å². The van der Waals surface area contributed by atoms with E-state index in [1.54, 1.807) is 23.0 Å². The molecule has 0 saturated heterocycles. The second kappa shape index (κ2) is 3.63. The van der Waals surface area contributed by atoms with Crippen LogP contribution in [0, 0.1) is 6.92 Å². The molecule has 0 atom stereocenters. The van der Waals surface area contributed by atoms with Crippen molar-refractivity contribution in [2.75, 3.05) is 0 Å². The van der Waals surface area contributed by atoms with Crippen LogP contribution in [-0.2, 0) is 0 Å². The molecule has 0 aliphatic carbocycles. The highest BCUT2D eigenvalue weighted by Crippen LogP contribution is 2.26. The van der Waals surface area contributed by atoms with E-state index < -0.39 is 0 Å². The number of aromatic nitrogens is 2. The molecule has 0 saturated carbocycles. The van der Waals surface area contributed by atoms with Gasteiger partial charge in [-0.2, -0.15) is 5.10 Å². The summed E-state index contributed by atoms with van der Waals surface area (Å²) in [6.45, 7) is 6.08. The van der Waals surface area contributed by atoms with Crippen LogP contribution in [-0.4, -0.2) is 15.5 Å². The Bertz CT molecular complexity index is 555. The van der Waals surface area contributed by atoms with E-state index in [4.69, 9.17) is 5.73 Å². The summed E-state index contributed by atoms with van der Waals surface area (Å²) in [7, 11) is 0. The first-order valence-corrected chi connectivity index (χ1v) is 5.29. The monoisotopic (exact) mass is 217 g/mol. The average molecular weight is 217 g/mol. The Morgan fingerprint density at radius 3 is 2.75 bits per heavy atom. The van der Waals surface area contributed by atoms with E-state index >= 15 is 0 Å². The molecule has 4 nitrogen and oxygen atoms in total. The van der Waals surface area contributed by atoms with Gasteiger partial charge in [0.2, 0.25) is 5.91 Å². The molecule has 4 heteroatoms. The van der Waals surface area contributed by atoms with Gasteiger partial charge in [0.15, 0.2) is 0 Å². The fraction of sp³-hybridized carbons (Fsp3) is 0.333. The van der Waals surface area contributed by atoms with Gasteiger partial charge in [0.1, 0.15) is 0 Å². The molecule has 0 aliphatic rings. The first-order chi connectivity index (χ1) is 7.52. The Morgan fingerprint density at radius 1 is 1.50 bits per heavy atom. The minimum Gasteiger partial charge on any atom is -0.366 e. The Morgan fingerprint density at radius 2 is 2.19 bits per heavy atom. The van der Waals surface area contributed by atoms with Gasteiger partial charge in [0.05, 0.1) is 11.7 Å². The number of fused-ring (bicyclic) bond motifs is 1. The molecule has 0 bridgehead atoms. The Kier molecular flexibility index (Phi) is 2.42. The fourth-order valence-corrected chi connectivity index (χ4v) is 2.06. The van der Waals surface area contributed by atoms with Crippen molar-refractivity contribution in [1.82, 2.24) is 9.61 Å². The lowest BCUT2D eigenvalue weighted by molar-refractivity contribution is 0.0999. The summed E-state index contributed by atoms with van der Waals surface area (Å²) >= 11 is 0. The lowest BCUT2D eigenvalue weighted by Gasteiger charge is -2.12. The molecule has 2 heterocycles. The maximum Gasteiger partial charge on any atom is 0.249 e. The summed E-state index contributed by atoms with van der Waals surface area (Å²) in [5.41, 5.74) is 9.01. The zero-order valence-corrected chi connectivity index (χ0v) is 9.69. The van der Waals surface area contributed by atoms with Gasteiger partial charge in [-0.15, -0.1) is 0 Å². The summed E-state index contributed by atoms with van der Waals surface area (Å²) in [5, 5.41) is 4.23. The average Bonchev–Trinajstić information content (AvgIpc) is 2.59. The Hall–Kier alpha value is -1.84. The maximum atomic E-state index is 11.4. The number of hydrogen-bond donors (Lipinski definition) is 1. The maximum absolute atomic E-state index is 11.4. The lowest BCUT2D eigenvalue weighted by Crippen LogP contribution is -2.15. The van der Waals surface area contributed by atoms with Gasteiger partial charge in [-0.3, -0.25) is 4.79 Å². The van der Waals surface area contributed by atoms with E-state index in [0.29, 0.717) is 5.56 Å². The number of aryl methyl sites for hydroxylation is 1. The fourth-order valence-electron chi connectivity index (χ4n) is 2.06. The predicted molar refractivity (Wildman–Crippen MR) is 62.5 cm³/mol. The summed E-state index contributed by atoms with van der Waals surface area (Å²) < 4.78 is 1.79. The van der Waals surface area contributed by atoms with Crippen LogP contribution < -0.4 is 5.73 Å². The molecule has 16 heavy (non-hydrogen) atoms. The van der Waals surface area contributed by atoms with Crippen molar-refractivity contribution >= 4 is 11.4 Å². The van der Waals surface area contributed by atoms with Crippen molar-refractivity contribution in [3.05, 3.63) is 35.2 Å². The number of carbonyl (C=O) groups excluding carboxylic acids is 1. The third-order valence-corrected chi connectivity index (χ3v) is 2.75. The summed E-state index contributed by atoms with van der Waals surface area (Å²) in [6, 6.07) is 1.73. The van der Waals surface area contributed by atoms with Crippen molar-refractivity contribution in [2.45, 2.75) is 26.7 Å². The molecule has 1 amide bonds. The molecule has 2 N–H and O–H groups in total. The molecule has 0 radical (unpaired) electrons. The number of hydrogen-bond acceptors (Lipinski definition) is 2. The molecule has 0 spiro atoms. The molecule has 0 aliphatic heterocycles. The van der Waals surface area contributed by atoms with Crippen molar-refractivity contribution in [3.8, 4) is 0 Å². The van der Waals surface area contributed by atoms with Crippen LogP contribution >= 0.6 is 0 Å². The highest BCUT2D eigenvalue weighted by molar-refractivity contribution is 5.96. The van der Waals surface area contributed by atoms with Gasteiger partial charge < -0.3 is 5.73 Å². The largest absolute Gasteiger partial charge is 0.366 e. The third-order valence-electron chi connectivity index (χ3n) is 2.75. The molecule has 0 unspecified atom stereocenters. The van der Waals surface area contributed by atoms with E-state index in [1.807, 2.05) is 20.8 Å². The summed E-state index contributed by atoms with van der Waals surface area (Å²) in [5.74, 6) is -0.145. The van der Waals surface area contributed by atoms with Crippen LogP contribution in [0.25, 0.3) is 5.52 Å². The minimum atomic E-state index is -0.383. The van der Waals surface area contributed by atoms with Crippen molar-refractivity contribution in [1.29, 1.82) is 0 Å². The molecular weight excluding hydrogens is 202 g/mol. The van der Waals surface area contributed by atoms with E-state index in [9.17, 15) is 4.79 Å². The quantitative estimate of drug-likeness (QED) is 0.834. The van der Waals surface area contributed by atoms with Crippen LogP contribution in [0.15, 0.2) is 18.5 Å². The smallest absolute Gasteiger partial charge is 0.249 e. The number of carbonyl (C=O) groups is 1. The third kappa shape index (κ3) is 1.46. The Balaban J connectivity index is 2.88. The highest BCUT2D eigenvalue weighted by Gasteiger charge is 2.17. The normalized spacial score (nSPS) is 11.2. The van der Waals surface area contributed by atoms with Gasteiger partial charge in [-0.1, -0.05) is 13.8 Å². The topological polar surface area (TPSA) is 60.4 Å². The van der Waals surface area contributed by atoms with E-state index in [2.05, 4.69) is 5.10 Å².